The van der Waals surface area contributed by atoms with E-state index in [0.717, 1.165) is 24.1 Å². The van der Waals surface area contributed by atoms with Crippen LogP contribution in [0.2, 0.25) is 0 Å². The first kappa shape index (κ1) is 11.5. The van der Waals surface area contributed by atoms with Gasteiger partial charge in [0.1, 0.15) is 5.69 Å². The van der Waals surface area contributed by atoms with Crippen molar-refractivity contribution in [1.29, 1.82) is 0 Å². The second-order valence-corrected chi connectivity index (χ2v) is 4.76. The fourth-order valence-corrected chi connectivity index (χ4v) is 2.30. The van der Waals surface area contributed by atoms with Crippen LogP contribution in [0, 0.1) is 0 Å². The molecule has 3 aromatic rings. The van der Waals surface area contributed by atoms with Gasteiger partial charge in [0, 0.05) is 12.5 Å². The molecule has 3 heterocycles. The largest absolute Gasteiger partial charge is 0.381 e. The van der Waals surface area contributed by atoms with Crippen LogP contribution in [-0.4, -0.2) is 33.3 Å². The number of rotatable bonds is 2. The Kier molecular flexibility index (Phi) is 2.67. The minimum Gasteiger partial charge on any atom is -0.381 e. The third kappa shape index (κ3) is 1.94. The molecule has 0 N–H and O–H groups in total. The third-order valence-electron chi connectivity index (χ3n) is 3.40. The quantitative estimate of drug-likeness (QED) is 0.709. The van der Waals surface area contributed by atoms with Gasteiger partial charge in [-0.05, 0) is 18.6 Å². The van der Waals surface area contributed by atoms with E-state index in [1.807, 2.05) is 24.3 Å². The molecule has 6 nitrogen and oxygen atoms in total. The van der Waals surface area contributed by atoms with Crippen LogP contribution >= 0.6 is 0 Å². The second kappa shape index (κ2) is 4.64. The van der Waals surface area contributed by atoms with Crippen molar-refractivity contribution in [2.45, 2.75) is 12.3 Å². The van der Waals surface area contributed by atoms with Crippen LogP contribution in [0.1, 0.15) is 18.2 Å². The average molecular weight is 268 g/mol. The maximum Gasteiger partial charge on any atom is 0.278 e. The number of hydrogen-bond acceptors (Lipinski definition) is 6. The van der Waals surface area contributed by atoms with Crippen molar-refractivity contribution in [3.8, 4) is 11.6 Å². The first-order valence-electron chi connectivity index (χ1n) is 6.54. The number of para-hydroxylation sites is 2. The number of benzene rings is 1. The highest BCUT2D eigenvalue weighted by molar-refractivity contribution is 5.75. The molecule has 1 atom stereocenters. The second-order valence-electron chi connectivity index (χ2n) is 4.76. The lowest BCUT2D eigenvalue weighted by Gasteiger charge is -1.98. The Labute approximate surface area is 114 Å². The molecule has 1 saturated heterocycles. The highest BCUT2D eigenvalue weighted by Crippen LogP contribution is 2.25. The number of fused-ring (bicyclic) bond motifs is 1. The lowest BCUT2D eigenvalue weighted by Crippen LogP contribution is -1.99. The molecule has 0 aliphatic carbocycles. The van der Waals surface area contributed by atoms with Crippen LogP contribution in [0.25, 0.3) is 22.6 Å². The summed E-state index contributed by atoms with van der Waals surface area (Å²) in [6.45, 7) is 1.41. The molecule has 0 amide bonds. The monoisotopic (exact) mass is 268 g/mol. The lowest BCUT2D eigenvalue weighted by atomic mass is 10.1. The van der Waals surface area contributed by atoms with Gasteiger partial charge in [0.15, 0.2) is 5.82 Å². The van der Waals surface area contributed by atoms with E-state index >= 15 is 0 Å². The van der Waals surface area contributed by atoms with Gasteiger partial charge in [-0.1, -0.05) is 17.3 Å². The van der Waals surface area contributed by atoms with Gasteiger partial charge in [-0.2, -0.15) is 4.98 Å². The van der Waals surface area contributed by atoms with Crippen molar-refractivity contribution >= 4 is 11.0 Å². The first-order chi connectivity index (χ1) is 9.90. The van der Waals surface area contributed by atoms with Crippen molar-refractivity contribution in [1.82, 2.24) is 20.1 Å². The molecule has 0 unspecified atom stereocenters. The van der Waals surface area contributed by atoms with Crippen LogP contribution in [-0.2, 0) is 4.74 Å². The summed E-state index contributed by atoms with van der Waals surface area (Å²) in [6.07, 6.45) is 2.59. The zero-order valence-corrected chi connectivity index (χ0v) is 10.7. The highest BCUT2D eigenvalue weighted by atomic mass is 16.5. The fourth-order valence-electron chi connectivity index (χ4n) is 2.30. The Morgan fingerprint density at radius 3 is 2.85 bits per heavy atom. The Balaban J connectivity index is 1.71. The predicted octanol–water partition coefficient (Wildman–Crippen LogP) is 2.18. The Morgan fingerprint density at radius 1 is 1.10 bits per heavy atom. The van der Waals surface area contributed by atoms with Crippen LogP contribution in [0.15, 0.2) is 35.0 Å². The van der Waals surface area contributed by atoms with Gasteiger partial charge < -0.3 is 9.26 Å². The smallest absolute Gasteiger partial charge is 0.278 e. The molecule has 0 spiro atoms. The minimum atomic E-state index is 0.223. The van der Waals surface area contributed by atoms with Gasteiger partial charge in [0.05, 0.1) is 23.8 Å². The first-order valence-corrected chi connectivity index (χ1v) is 6.54. The number of hydrogen-bond donors (Lipinski definition) is 0. The standard InChI is InChI=1S/C14H12N4O2/c1-2-4-11-10(3-1)15-7-12(16-11)14-17-13(18-20-14)9-5-6-19-8-9/h1-4,7,9H,5-6,8H2/t9-/m1/s1. The molecule has 0 bridgehead atoms. The number of ether oxygens (including phenoxy) is 1. The van der Waals surface area contributed by atoms with Crippen LogP contribution in [0.5, 0.6) is 0 Å². The van der Waals surface area contributed by atoms with Crippen molar-refractivity contribution in [3.63, 3.8) is 0 Å². The van der Waals surface area contributed by atoms with E-state index in [1.54, 1.807) is 6.20 Å². The van der Waals surface area contributed by atoms with E-state index in [-0.39, 0.29) is 5.92 Å². The zero-order chi connectivity index (χ0) is 13.4. The summed E-state index contributed by atoms with van der Waals surface area (Å²) in [4.78, 5) is 13.3. The summed E-state index contributed by atoms with van der Waals surface area (Å²) in [5, 5.41) is 4.02. The summed E-state index contributed by atoms with van der Waals surface area (Å²) in [6, 6.07) is 7.69. The summed E-state index contributed by atoms with van der Waals surface area (Å²) < 4.78 is 10.6. The summed E-state index contributed by atoms with van der Waals surface area (Å²) in [5.41, 5.74) is 2.26. The van der Waals surface area contributed by atoms with Gasteiger partial charge in [-0.25, -0.2) is 4.98 Å². The van der Waals surface area contributed by atoms with E-state index in [9.17, 15) is 0 Å². The molecule has 0 radical (unpaired) electrons. The van der Waals surface area contributed by atoms with E-state index in [1.165, 1.54) is 0 Å². The predicted molar refractivity (Wildman–Crippen MR) is 71.0 cm³/mol. The number of aromatic nitrogens is 4. The minimum absolute atomic E-state index is 0.223. The van der Waals surface area contributed by atoms with Crippen molar-refractivity contribution in [2.75, 3.05) is 13.2 Å². The van der Waals surface area contributed by atoms with E-state index in [4.69, 9.17) is 9.26 Å². The third-order valence-corrected chi connectivity index (χ3v) is 3.40. The molecule has 4 rings (SSSR count). The number of nitrogens with zero attached hydrogens (tertiary/aromatic N) is 4. The van der Waals surface area contributed by atoms with Gasteiger partial charge >= 0.3 is 0 Å². The maximum atomic E-state index is 5.33. The molecule has 20 heavy (non-hydrogen) atoms. The maximum absolute atomic E-state index is 5.33. The normalized spacial score (nSPS) is 18.7. The van der Waals surface area contributed by atoms with Crippen LogP contribution < -0.4 is 0 Å². The average Bonchev–Trinajstić information content (AvgIpc) is 3.17. The summed E-state index contributed by atoms with van der Waals surface area (Å²) in [5.74, 6) is 1.32. The Bertz CT molecular complexity index is 750. The Hall–Kier alpha value is -2.34. The van der Waals surface area contributed by atoms with Gasteiger partial charge in [-0.15, -0.1) is 0 Å². The fraction of sp³-hybridized carbons (Fsp3) is 0.286. The van der Waals surface area contributed by atoms with Crippen LogP contribution in [0.3, 0.4) is 0 Å². The van der Waals surface area contributed by atoms with Gasteiger partial charge in [0.2, 0.25) is 0 Å². The molecule has 1 fully saturated rings. The zero-order valence-electron chi connectivity index (χ0n) is 10.7. The molecule has 2 aromatic heterocycles. The van der Waals surface area contributed by atoms with E-state index in [2.05, 4.69) is 20.1 Å². The van der Waals surface area contributed by atoms with Gasteiger partial charge in [0.25, 0.3) is 5.89 Å². The summed E-state index contributed by atoms with van der Waals surface area (Å²) in [7, 11) is 0. The molecular formula is C14H12N4O2. The summed E-state index contributed by atoms with van der Waals surface area (Å²) >= 11 is 0. The highest BCUT2D eigenvalue weighted by Gasteiger charge is 2.23. The van der Waals surface area contributed by atoms with Crippen molar-refractivity contribution < 1.29 is 9.26 Å². The molecular weight excluding hydrogens is 256 g/mol. The Morgan fingerprint density at radius 2 is 2.00 bits per heavy atom. The lowest BCUT2D eigenvalue weighted by molar-refractivity contribution is 0.192. The molecule has 100 valence electrons. The SMILES string of the molecule is c1ccc2nc(-c3nc([C@@H]4CCOC4)no3)cnc2c1. The molecule has 1 aromatic carbocycles. The van der Waals surface area contributed by atoms with Crippen molar-refractivity contribution in [3.05, 3.63) is 36.3 Å². The van der Waals surface area contributed by atoms with E-state index < -0.39 is 0 Å². The van der Waals surface area contributed by atoms with E-state index in [0.29, 0.717) is 24.0 Å². The van der Waals surface area contributed by atoms with Crippen molar-refractivity contribution in [2.24, 2.45) is 0 Å². The molecule has 1 aliphatic heterocycles. The molecule has 1 aliphatic rings. The topological polar surface area (TPSA) is 73.9 Å². The van der Waals surface area contributed by atoms with Crippen LogP contribution in [0.4, 0.5) is 0 Å². The molecule has 0 saturated carbocycles. The van der Waals surface area contributed by atoms with Gasteiger partial charge in [-0.3, -0.25) is 4.98 Å². The molecule has 6 heteroatoms.